The number of hydrogen-bond donors (Lipinski definition) is 1. The Bertz CT molecular complexity index is 1130. The first-order chi connectivity index (χ1) is 13.9. The van der Waals surface area contributed by atoms with Gasteiger partial charge in [-0.3, -0.25) is 4.72 Å². The van der Waals surface area contributed by atoms with Gasteiger partial charge in [-0.25, -0.2) is 8.42 Å². The van der Waals surface area contributed by atoms with E-state index in [-0.39, 0.29) is 9.92 Å². The highest BCUT2D eigenvalue weighted by molar-refractivity contribution is 7.92. The average Bonchev–Trinajstić information content (AvgIpc) is 3.25. The van der Waals surface area contributed by atoms with E-state index in [4.69, 9.17) is 23.2 Å². The van der Waals surface area contributed by atoms with E-state index in [9.17, 15) is 8.42 Å². The van der Waals surface area contributed by atoms with Crippen LogP contribution in [0.2, 0.25) is 10.0 Å². The van der Waals surface area contributed by atoms with Crippen LogP contribution in [0, 0.1) is 0 Å². The van der Waals surface area contributed by atoms with Crippen molar-refractivity contribution in [2.45, 2.75) is 17.7 Å². The molecule has 1 aromatic heterocycles. The highest BCUT2D eigenvalue weighted by atomic mass is 35.5. The molecule has 0 saturated carbocycles. The van der Waals surface area contributed by atoms with Gasteiger partial charge in [-0.2, -0.15) is 0 Å². The van der Waals surface area contributed by atoms with E-state index in [2.05, 4.69) is 19.8 Å². The van der Waals surface area contributed by atoms with Gasteiger partial charge in [0.15, 0.2) is 5.82 Å². The number of rotatable bonds is 5. The van der Waals surface area contributed by atoms with Crippen molar-refractivity contribution in [3.05, 3.63) is 64.6 Å². The molecule has 29 heavy (non-hydrogen) atoms. The van der Waals surface area contributed by atoms with Crippen LogP contribution >= 0.6 is 23.2 Å². The number of anilines is 2. The second kappa shape index (κ2) is 8.18. The van der Waals surface area contributed by atoms with Gasteiger partial charge in [-0.15, -0.1) is 10.2 Å². The largest absolute Gasteiger partial charge is 0.355 e. The van der Waals surface area contributed by atoms with E-state index in [0.717, 1.165) is 24.5 Å². The molecule has 9 heteroatoms. The predicted octanol–water partition coefficient (Wildman–Crippen LogP) is 4.85. The van der Waals surface area contributed by atoms with E-state index in [1.807, 2.05) is 18.2 Å². The normalized spacial score (nSPS) is 14.2. The second-order valence-corrected chi connectivity index (χ2v) is 9.23. The Morgan fingerprint density at radius 2 is 1.69 bits per heavy atom. The first-order valence-corrected chi connectivity index (χ1v) is 11.3. The lowest BCUT2D eigenvalue weighted by molar-refractivity contribution is 0.601. The number of benzene rings is 2. The molecule has 0 atom stereocenters. The summed E-state index contributed by atoms with van der Waals surface area (Å²) in [6, 6.07) is 15.0. The molecular weight excluding hydrogens is 431 g/mol. The Morgan fingerprint density at radius 3 is 2.38 bits per heavy atom. The number of nitrogens with zero attached hydrogens (tertiary/aromatic N) is 3. The van der Waals surface area contributed by atoms with E-state index >= 15 is 0 Å². The molecule has 2 aromatic carbocycles. The Kier molecular flexibility index (Phi) is 5.63. The van der Waals surface area contributed by atoms with Crippen LogP contribution in [-0.2, 0) is 10.0 Å². The van der Waals surface area contributed by atoms with Crippen LogP contribution in [0.3, 0.4) is 0 Å². The third kappa shape index (κ3) is 4.47. The van der Waals surface area contributed by atoms with Gasteiger partial charge < -0.3 is 4.90 Å². The molecule has 4 rings (SSSR count). The fourth-order valence-corrected chi connectivity index (χ4v) is 4.63. The molecule has 6 nitrogen and oxygen atoms in total. The maximum Gasteiger partial charge on any atom is 0.261 e. The van der Waals surface area contributed by atoms with Crippen molar-refractivity contribution < 1.29 is 8.42 Å². The maximum absolute atomic E-state index is 12.7. The zero-order chi connectivity index (χ0) is 20.4. The third-order valence-electron chi connectivity index (χ3n) is 4.69. The Hall–Kier alpha value is -2.35. The van der Waals surface area contributed by atoms with E-state index in [1.165, 1.54) is 31.0 Å². The molecule has 0 spiro atoms. The Morgan fingerprint density at radius 1 is 0.897 bits per heavy atom. The van der Waals surface area contributed by atoms with Crippen LogP contribution in [0.15, 0.2) is 59.5 Å². The lowest BCUT2D eigenvalue weighted by Crippen LogP contribution is -2.19. The zero-order valence-corrected chi connectivity index (χ0v) is 17.7. The fraction of sp³-hybridized carbons (Fsp3) is 0.200. The first kappa shape index (κ1) is 19.9. The van der Waals surface area contributed by atoms with Crippen LogP contribution in [0.25, 0.3) is 11.3 Å². The minimum Gasteiger partial charge on any atom is -0.355 e. The van der Waals surface area contributed by atoms with Gasteiger partial charge in [0.25, 0.3) is 10.0 Å². The van der Waals surface area contributed by atoms with Gasteiger partial charge in [0.1, 0.15) is 0 Å². The minimum atomic E-state index is -3.81. The van der Waals surface area contributed by atoms with E-state index < -0.39 is 10.0 Å². The van der Waals surface area contributed by atoms with Crippen molar-refractivity contribution in [2.75, 3.05) is 22.7 Å². The van der Waals surface area contributed by atoms with Crippen molar-refractivity contribution in [2.24, 2.45) is 0 Å². The van der Waals surface area contributed by atoms with Crippen molar-refractivity contribution >= 4 is 44.7 Å². The molecule has 0 amide bonds. The van der Waals surface area contributed by atoms with Crippen molar-refractivity contribution in [3.63, 3.8) is 0 Å². The number of aromatic nitrogens is 2. The summed E-state index contributed by atoms with van der Waals surface area (Å²) >= 11 is 11.8. The van der Waals surface area contributed by atoms with Gasteiger partial charge >= 0.3 is 0 Å². The van der Waals surface area contributed by atoms with Crippen LogP contribution < -0.4 is 9.62 Å². The molecule has 1 saturated heterocycles. The van der Waals surface area contributed by atoms with Crippen LogP contribution in [-0.4, -0.2) is 31.7 Å². The summed E-state index contributed by atoms with van der Waals surface area (Å²) in [4.78, 5) is 2.24. The molecule has 150 valence electrons. The van der Waals surface area contributed by atoms with Gasteiger partial charge in [0.05, 0.1) is 20.6 Å². The minimum absolute atomic E-state index is 0.0343. The van der Waals surface area contributed by atoms with Gasteiger partial charge in [-0.05, 0) is 55.3 Å². The van der Waals surface area contributed by atoms with Crippen LogP contribution in [0.5, 0.6) is 0 Å². The first-order valence-electron chi connectivity index (χ1n) is 9.09. The molecule has 1 N–H and O–H groups in total. The molecule has 0 bridgehead atoms. The predicted molar refractivity (Wildman–Crippen MR) is 116 cm³/mol. The quantitative estimate of drug-likeness (QED) is 0.603. The number of halogens is 2. The molecule has 1 aliphatic heterocycles. The molecule has 0 unspecified atom stereocenters. The van der Waals surface area contributed by atoms with E-state index in [0.29, 0.717) is 16.4 Å². The van der Waals surface area contributed by atoms with Crippen molar-refractivity contribution in [3.8, 4) is 11.3 Å². The number of nitrogens with one attached hydrogen (secondary N) is 1. The summed E-state index contributed by atoms with van der Waals surface area (Å²) in [5.74, 6) is 0.864. The van der Waals surface area contributed by atoms with Crippen molar-refractivity contribution in [1.82, 2.24) is 10.2 Å². The molecule has 1 aliphatic rings. The summed E-state index contributed by atoms with van der Waals surface area (Å²) < 4.78 is 27.9. The summed E-state index contributed by atoms with van der Waals surface area (Å²) in [5.41, 5.74) is 1.85. The standard InChI is InChI=1S/C20H18Cl2N4O2S/c21-17-7-6-16(13-18(17)22)29(27,28)25-15-5-3-4-14(12-15)19-8-9-20(24-23-19)26-10-1-2-11-26/h3-9,12-13,25H,1-2,10-11H2. The number of sulfonamides is 1. The molecule has 2 heterocycles. The molecule has 0 aliphatic carbocycles. The second-order valence-electron chi connectivity index (χ2n) is 6.73. The number of hydrogen-bond acceptors (Lipinski definition) is 5. The topological polar surface area (TPSA) is 75.2 Å². The van der Waals surface area contributed by atoms with Crippen LogP contribution in [0.1, 0.15) is 12.8 Å². The highest BCUT2D eigenvalue weighted by Crippen LogP contribution is 2.27. The molecular formula is C20H18Cl2N4O2S. The summed E-state index contributed by atoms with van der Waals surface area (Å²) in [5, 5.41) is 9.10. The Labute approximate surface area is 179 Å². The monoisotopic (exact) mass is 448 g/mol. The zero-order valence-electron chi connectivity index (χ0n) is 15.3. The van der Waals surface area contributed by atoms with Gasteiger partial charge in [0.2, 0.25) is 0 Å². The summed E-state index contributed by atoms with van der Waals surface area (Å²) in [7, 11) is -3.81. The van der Waals surface area contributed by atoms with Gasteiger partial charge in [0, 0.05) is 24.3 Å². The maximum atomic E-state index is 12.7. The SMILES string of the molecule is O=S(=O)(Nc1cccc(-c2ccc(N3CCCC3)nn2)c1)c1ccc(Cl)c(Cl)c1. The summed E-state index contributed by atoms with van der Waals surface area (Å²) in [6.45, 7) is 2.00. The molecule has 3 aromatic rings. The van der Waals surface area contributed by atoms with Crippen LogP contribution in [0.4, 0.5) is 11.5 Å². The van der Waals surface area contributed by atoms with Crippen molar-refractivity contribution in [1.29, 1.82) is 0 Å². The smallest absolute Gasteiger partial charge is 0.261 e. The lowest BCUT2D eigenvalue weighted by atomic mass is 10.1. The molecule has 1 fully saturated rings. The summed E-state index contributed by atoms with van der Waals surface area (Å²) in [6.07, 6.45) is 2.34. The third-order valence-corrected chi connectivity index (χ3v) is 6.81. The molecule has 0 radical (unpaired) electrons. The van der Waals surface area contributed by atoms with E-state index in [1.54, 1.807) is 18.2 Å². The highest BCUT2D eigenvalue weighted by Gasteiger charge is 2.17. The average molecular weight is 449 g/mol. The fourth-order valence-electron chi connectivity index (χ4n) is 3.19. The lowest BCUT2D eigenvalue weighted by Gasteiger charge is -2.15. The Balaban J connectivity index is 1.56. The van der Waals surface area contributed by atoms with Gasteiger partial charge in [-0.1, -0.05) is 35.3 Å².